The summed E-state index contributed by atoms with van der Waals surface area (Å²) < 4.78 is 0. The number of hydrogen-bond acceptors (Lipinski definition) is 3. The molecule has 0 fully saturated rings. The van der Waals surface area contributed by atoms with Gasteiger partial charge in [-0.3, -0.25) is 0 Å². The minimum absolute atomic E-state index is 1.08. The van der Waals surface area contributed by atoms with E-state index in [1.165, 1.54) is 24.2 Å². The fourth-order valence-electron chi connectivity index (χ4n) is 3.00. The zero-order valence-corrected chi connectivity index (χ0v) is 20.8. The molecule has 2 rings (SSSR count). The minimum atomic E-state index is 1.08. The monoisotopic (exact) mass is 413 g/mol. The van der Waals surface area contributed by atoms with Crippen molar-refractivity contribution in [1.29, 1.82) is 0 Å². The van der Waals surface area contributed by atoms with Gasteiger partial charge >= 0.3 is 0 Å². The first-order chi connectivity index (χ1) is 14.6. The molecule has 2 aromatic rings. The Morgan fingerprint density at radius 2 is 0.867 bits per heavy atom. The van der Waals surface area contributed by atoms with E-state index in [0.29, 0.717) is 0 Å². The van der Waals surface area contributed by atoms with Crippen LogP contribution in [0.4, 0.5) is 11.4 Å². The van der Waals surface area contributed by atoms with E-state index >= 15 is 0 Å². The average Bonchev–Trinajstić information content (AvgIpc) is 2.81. The summed E-state index contributed by atoms with van der Waals surface area (Å²) >= 11 is 0. The van der Waals surface area contributed by atoms with E-state index in [0.717, 1.165) is 39.3 Å². The molecule has 0 unspecified atom stereocenters. The Hall–Kier alpha value is -2.00. The van der Waals surface area contributed by atoms with Gasteiger partial charge in [-0.25, -0.2) is 0 Å². The van der Waals surface area contributed by atoms with Crippen molar-refractivity contribution in [2.45, 2.75) is 54.4 Å². The number of anilines is 2. The highest BCUT2D eigenvalue weighted by Gasteiger charge is 2.01. The molecule has 170 valence electrons. The number of nitrogens with zero attached hydrogens (tertiary/aromatic N) is 3. The number of benzene rings is 2. The third kappa shape index (κ3) is 12.5. The Balaban J connectivity index is 0.000000450. The van der Waals surface area contributed by atoms with Crippen LogP contribution in [0.15, 0.2) is 60.7 Å². The molecule has 3 heteroatoms. The van der Waals surface area contributed by atoms with E-state index in [-0.39, 0.29) is 0 Å². The van der Waals surface area contributed by atoms with Gasteiger partial charge in [-0.2, -0.15) is 0 Å². The molecule has 2 aromatic carbocycles. The topological polar surface area (TPSA) is 9.72 Å². The predicted molar refractivity (Wildman–Crippen MR) is 138 cm³/mol. The van der Waals surface area contributed by atoms with Crippen LogP contribution in [0.5, 0.6) is 0 Å². The van der Waals surface area contributed by atoms with Crippen molar-refractivity contribution in [2.24, 2.45) is 0 Å². The summed E-state index contributed by atoms with van der Waals surface area (Å²) in [6.07, 6.45) is 2.43. The Bertz CT molecular complexity index is 572. The van der Waals surface area contributed by atoms with Crippen LogP contribution in [0.2, 0.25) is 0 Å². The molecule has 0 aliphatic heterocycles. The number of para-hydroxylation sites is 2. The molecule has 0 aromatic heterocycles. The smallest absolute Gasteiger partial charge is 0.0366 e. The maximum Gasteiger partial charge on any atom is 0.0366 e. The lowest BCUT2D eigenvalue weighted by molar-refractivity contribution is 0.373. The molecule has 0 aliphatic carbocycles. The normalized spacial score (nSPS) is 9.87. The van der Waals surface area contributed by atoms with Crippen LogP contribution in [0.25, 0.3) is 0 Å². The van der Waals surface area contributed by atoms with Crippen LogP contribution in [-0.2, 0) is 0 Å². The molecule has 0 saturated heterocycles. The van der Waals surface area contributed by atoms with Crippen LogP contribution in [0.1, 0.15) is 54.4 Å². The fourth-order valence-corrected chi connectivity index (χ4v) is 3.00. The van der Waals surface area contributed by atoms with Crippen LogP contribution < -0.4 is 9.80 Å². The SMILES string of the molecule is CCCN(CCC)c1ccccc1.CCN(C)CC.CCN(CC)c1ccccc1. The van der Waals surface area contributed by atoms with Crippen molar-refractivity contribution in [3.05, 3.63) is 60.7 Å². The van der Waals surface area contributed by atoms with Crippen molar-refractivity contribution in [2.75, 3.05) is 56.1 Å². The van der Waals surface area contributed by atoms with Gasteiger partial charge in [0.05, 0.1) is 0 Å². The Morgan fingerprint density at radius 1 is 0.500 bits per heavy atom. The molecule has 0 heterocycles. The second kappa shape index (κ2) is 19.0. The van der Waals surface area contributed by atoms with Crippen molar-refractivity contribution in [3.63, 3.8) is 0 Å². The van der Waals surface area contributed by atoms with Gasteiger partial charge in [0.1, 0.15) is 0 Å². The lowest BCUT2D eigenvalue weighted by Gasteiger charge is -2.23. The standard InChI is InChI=1S/C12H19N.C10H15N.C5H13N/c1-3-10-13(11-4-2)12-8-6-5-7-9-12;1-3-11(4-2)10-8-6-5-7-9-10;1-4-6(3)5-2/h5-9H,3-4,10-11H2,1-2H3;5-9H,3-4H2,1-2H3;4-5H2,1-3H3. The average molecular weight is 414 g/mol. The highest BCUT2D eigenvalue weighted by atomic mass is 15.1. The van der Waals surface area contributed by atoms with Crippen LogP contribution >= 0.6 is 0 Å². The Labute approximate surface area is 187 Å². The molecule has 0 bridgehead atoms. The summed E-state index contributed by atoms with van der Waals surface area (Å²) in [5.74, 6) is 0. The van der Waals surface area contributed by atoms with Gasteiger partial charge in [0.2, 0.25) is 0 Å². The summed E-state index contributed by atoms with van der Waals surface area (Å²) in [6.45, 7) is 19.9. The molecule has 0 atom stereocenters. The lowest BCUT2D eigenvalue weighted by atomic mass is 10.2. The van der Waals surface area contributed by atoms with E-state index in [4.69, 9.17) is 0 Å². The molecule has 0 spiro atoms. The highest BCUT2D eigenvalue weighted by molar-refractivity contribution is 5.46. The molecule has 0 aliphatic rings. The van der Waals surface area contributed by atoms with Crippen molar-refractivity contribution >= 4 is 11.4 Å². The number of hydrogen-bond donors (Lipinski definition) is 0. The first-order valence-electron chi connectivity index (χ1n) is 11.9. The molecule has 0 amide bonds. The second-order valence-corrected chi connectivity index (χ2v) is 7.32. The summed E-state index contributed by atoms with van der Waals surface area (Å²) in [6, 6.07) is 21.1. The molecule has 3 nitrogen and oxygen atoms in total. The Morgan fingerprint density at radius 3 is 1.13 bits per heavy atom. The fraction of sp³-hybridized carbons (Fsp3) is 0.556. The quantitative estimate of drug-likeness (QED) is 0.424. The van der Waals surface area contributed by atoms with Crippen LogP contribution in [0, 0.1) is 0 Å². The van der Waals surface area contributed by atoms with Gasteiger partial charge in [0.25, 0.3) is 0 Å². The van der Waals surface area contributed by atoms with E-state index in [1.54, 1.807) is 0 Å². The van der Waals surface area contributed by atoms with E-state index in [9.17, 15) is 0 Å². The largest absolute Gasteiger partial charge is 0.372 e. The molecule has 30 heavy (non-hydrogen) atoms. The van der Waals surface area contributed by atoms with Gasteiger partial charge in [0, 0.05) is 37.6 Å². The zero-order chi connectivity index (χ0) is 22.6. The lowest BCUT2D eigenvalue weighted by Crippen LogP contribution is -2.24. The first kappa shape index (κ1) is 28.0. The van der Waals surface area contributed by atoms with E-state index < -0.39 is 0 Å². The molecular formula is C27H47N3. The molecule has 0 saturated carbocycles. The van der Waals surface area contributed by atoms with Crippen molar-refractivity contribution in [3.8, 4) is 0 Å². The molecular weight excluding hydrogens is 366 g/mol. The summed E-state index contributed by atoms with van der Waals surface area (Å²) in [5.41, 5.74) is 2.67. The van der Waals surface area contributed by atoms with Gasteiger partial charge in [-0.1, -0.05) is 64.1 Å². The van der Waals surface area contributed by atoms with Crippen molar-refractivity contribution < 1.29 is 0 Å². The maximum atomic E-state index is 2.44. The maximum absolute atomic E-state index is 2.44. The van der Waals surface area contributed by atoms with E-state index in [1.807, 2.05) is 6.07 Å². The summed E-state index contributed by atoms with van der Waals surface area (Å²) in [5, 5.41) is 0. The Kier molecular flexibility index (Phi) is 17.7. The second-order valence-electron chi connectivity index (χ2n) is 7.32. The van der Waals surface area contributed by atoms with Gasteiger partial charge in [-0.15, -0.1) is 0 Å². The van der Waals surface area contributed by atoms with E-state index in [2.05, 4.69) is 118 Å². The van der Waals surface area contributed by atoms with Gasteiger partial charge < -0.3 is 14.7 Å². The van der Waals surface area contributed by atoms with Gasteiger partial charge in [-0.05, 0) is 71.1 Å². The first-order valence-corrected chi connectivity index (χ1v) is 11.9. The summed E-state index contributed by atoms with van der Waals surface area (Å²) in [4.78, 5) is 7.03. The third-order valence-corrected chi connectivity index (χ3v) is 5.07. The van der Waals surface area contributed by atoms with Gasteiger partial charge in [0.15, 0.2) is 0 Å². The van der Waals surface area contributed by atoms with Crippen LogP contribution in [0.3, 0.4) is 0 Å². The zero-order valence-electron chi connectivity index (χ0n) is 20.8. The number of rotatable bonds is 10. The van der Waals surface area contributed by atoms with Crippen molar-refractivity contribution in [1.82, 2.24) is 4.90 Å². The molecule has 0 N–H and O–H groups in total. The predicted octanol–water partition coefficient (Wildman–Crippen LogP) is 6.80. The third-order valence-electron chi connectivity index (χ3n) is 5.07. The molecule has 0 radical (unpaired) electrons. The van der Waals surface area contributed by atoms with Crippen LogP contribution in [-0.4, -0.2) is 51.2 Å². The minimum Gasteiger partial charge on any atom is -0.372 e. The summed E-state index contributed by atoms with van der Waals surface area (Å²) in [7, 11) is 2.11. The highest BCUT2D eigenvalue weighted by Crippen LogP contribution is 2.13.